The molecule has 0 radical (unpaired) electrons. The van der Waals surface area contributed by atoms with E-state index >= 15 is 0 Å². The van der Waals surface area contributed by atoms with E-state index in [2.05, 4.69) is 20.7 Å². The van der Waals surface area contributed by atoms with E-state index in [0.29, 0.717) is 16.8 Å². The number of hydrogen-bond acceptors (Lipinski definition) is 4. The zero-order valence-corrected chi connectivity index (χ0v) is 12.7. The van der Waals surface area contributed by atoms with Gasteiger partial charge in [-0.3, -0.25) is 4.72 Å². The van der Waals surface area contributed by atoms with Crippen molar-refractivity contribution >= 4 is 31.6 Å². The molecule has 1 aliphatic heterocycles. The van der Waals surface area contributed by atoms with Gasteiger partial charge in [-0.15, -0.1) is 0 Å². The van der Waals surface area contributed by atoms with Crippen LogP contribution in [0.15, 0.2) is 22.7 Å². The number of aromatic hydroxyl groups is 1. The first-order chi connectivity index (χ1) is 8.96. The van der Waals surface area contributed by atoms with Gasteiger partial charge in [0, 0.05) is 12.7 Å². The van der Waals surface area contributed by atoms with Crippen molar-refractivity contribution in [2.45, 2.75) is 25.4 Å². The molecular weight excluding hydrogens is 334 g/mol. The van der Waals surface area contributed by atoms with Crippen LogP contribution in [0.4, 0.5) is 5.69 Å². The molecule has 0 saturated carbocycles. The summed E-state index contributed by atoms with van der Waals surface area (Å²) in [4.78, 5) is 0. The smallest absolute Gasteiger partial charge is 0.235 e. The molecule has 2 N–H and O–H groups in total. The quantitative estimate of drug-likeness (QED) is 0.875. The van der Waals surface area contributed by atoms with Gasteiger partial charge in [0.15, 0.2) is 0 Å². The average Bonchev–Trinajstić information content (AvgIpc) is 2.34. The summed E-state index contributed by atoms with van der Waals surface area (Å²) < 4.78 is 32.3. The van der Waals surface area contributed by atoms with Crippen molar-refractivity contribution in [1.82, 2.24) is 0 Å². The van der Waals surface area contributed by atoms with Crippen LogP contribution in [0.25, 0.3) is 0 Å². The van der Waals surface area contributed by atoms with Crippen LogP contribution in [-0.2, 0) is 14.8 Å². The Hall–Kier alpha value is -0.790. The number of sulfonamides is 1. The molecule has 1 saturated heterocycles. The van der Waals surface area contributed by atoms with Gasteiger partial charge in [0.1, 0.15) is 5.75 Å². The Bertz CT molecular complexity index is 541. The molecule has 1 fully saturated rings. The Balaban J connectivity index is 2.01. The first kappa shape index (κ1) is 14.6. The SMILES string of the molecule is O=S(=O)(C[C@@H]1CCCCO1)Nc1ccc(Br)c(O)c1. The minimum Gasteiger partial charge on any atom is -0.507 e. The summed E-state index contributed by atoms with van der Waals surface area (Å²) in [5.74, 6) is -0.0572. The third-order valence-electron chi connectivity index (χ3n) is 2.90. The van der Waals surface area contributed by atoms with Gasteiger partial charge in [-0.1, -0.05) is 0 Å². The molecule has 5 nitrogen and oxygen atoms in total. The average molecular weight is 350 g/mol. The molecule has 1 heterocycles. The first-order valence-electron chi connectivity index (χ1n) is 6.07. The number of benzene rings is 1. The first-order valence-corrected chi connectivity index (χ1v) is 8.51. The fraction of sp³-hybridized carbons (Fsp3) is 0.500. The number of phenols is 1. The Morgan fingerprint density at radius 2 is 2.21 bits per heavy atom. The molecule has 1 aromatic rings. The number of ether oxygens (including phenoxy) is 1. The maximum absolute atomic E-state index is 12.0. The molecule has 0 bridgehead atoms. The van der Waals surface area contributed by atoms with Gasteiger partial charge in [0.25, 0.3) is 0 Å². The van der Waals surface area contributed by atoms with Crippen LogP contribution >= 0.6 is 15.9 Å². The van der Waals surface area contributed by atoms with Crippen LogP contribution in [0, 0.1) is 0 Å². The minimum atomic E-state index is -3.47. The molecule has 7 heteroatoms. The molecule has 0 amide bonds. The summed E-state index contributed by atoms with van der Waals surface area (Å²) in [6.45, 7) is 0.624. The third-order valence-corrected chi connectivity index (χ3v) is 4.93. The van der Waals surface area contributed by atoms with E-state index in [4.69, 9.17) is 4.74 Å². The van der Waals surface area contributed by atoms with Crippen LogP contribution < -0.4 is 4.72 Å². The van der Waals surface area contributed by atoms with Crippen molar-refractivity contribution < 1.29 is 18.3 Å². The summed E-state index contributed by atoms with van der Waals surface area (Å²) >= 11 is 3.14. The number of nitrogens with one attached hydrogen (secondary N) is 1. The van der Waals surface area contributed by atoms with Crippen molar-refractivity contribution in [2.24, 2.45) is 0 Å². The van der Waals surface area contributed by atoms with E-state index in [9.17, 15) is 13.5 Å². The lowest BCUT2D eigenvalue weighted by Gasteiger charge is -2.22. The Morgan fingerprint density at radius 3 is 2.84 bits per heavy atom. The maximum atomic E-state index is 12.0. The lowest BCUT2D eigenvalue weighted by Crippen LogP contribution is -2.30. The fourth-order valence-corrected chi connectivity index (χ4v) is 3.55. The molecule has 0 spiro atoms. The van der Waals surface area contributed by atoms with Crippen LogP contribution in [0.2, 0.25) is 0 Å². The molecule has 1 aromatic carbocycles. The minimum absolute atomic E-state index is 0.00545. The number of anilines is 1. The van der Waals surface area contributed by atoms with Crippen LogP contribution in [-0.4, -0.2) is 32.0 Å². The van der Waals surface area contributed by atoms with E-state index in [-0.39, 0.29) is 17.6 Å². The fourth-order valence-electron chi connectivity index (χ4n) is 1.98. The molecule has 1 atom stereocenters. The summed E-state index contributed by atoms with van der Waals surface area (Å²) in [6.07, 6.45) is 2.52. The molecule has 106 valence electrons. The third kappa shape index (κ3) is 4.36. The monoisotopic (exact) mass is 349 g/mol. The molecule has 1 aliphatic rings. The van der Waals surface area contributed by atoms with E-state index in [1.807, 2.05) is 0 Å². The van der Waals surface area contributed by atoms with E-state index in [0.717, 1.165) is 19.3 Å². The highest BCUT2D eigenvalue weighted by atomic mass is 79.9. The predicted octanol–water partition coefficient (Wildman–Crippen LogP) is 2.47. The van der Waals surface area contributed by atoms with Gasteiger partial charge < -0.3 is 9.84 Å². The zero-order valence-electron chi connectivity index (χ0n) is 10.3. The molecule has 0 aliphatic carbocycles. The summed E-state index contributed by atoms with van der Waals surface area (Å²) in [6, 6.07) is 4.54. The molecule has 0 aromatic heterocycles. The van der Waals surface area contributed by atoms with Gasteiger partial charge >= 0.3 is 0 Å². The highest BCUT2D eigenvalue weighted by molar-refractivity contribution is 9.10. The maximum Gasteiger partial charge on any atom is 0.235 e. The predicted molar refractivity (Wildman–Crippen MR) is 76.8 cm³/mol. The lowest BCUT2D eigenvalue weighted by molar-refractivity contribution is 0.0306. The van der Waals surface area contributed by atoms with Crippen molar-refractivity contribution in [2.75, 3.05) is 17.1 Å². The van der Waals surface area contributed by atoms with Gasteiger partial charge in [-0.2, -0.15) is 0 Å². The standard InChI is InChI=1S/C12H16BrNO4S/c13-11-5-4-9(7-12(11)15)14-19(16,17)8-10-3-1-2-6-18-10/h4-5,7,10,14-15H,1-3,6,8H2/t10-/m0/s1. The highest BCUT2D eigenvalue weighted by Crippen LogP contribution is 2.27. The van der Waals surface area contributed by atoms with Crippen molar-refractivity contribution in [3.05, 3.63) is 22.7 Å². The Labute approximate surface area is 121 Å². The number of hydrogen-bond donors (Lipinski definition) is 2. The number of halogens is 1. The zero-order chi connectivity index (χ0) is 13.9. The molecule has 2 rings (SSSR count). The largest absolute Gasteiger partial charge is 0.507 e. The summed E-state index contributed by atoms with van der Waals surface area (Å²) in [5.41, 5.74) is 0.344. The second-order valence-corrected chi connectivity index (χ2v) is 7.16. The Morgan fingerprint density at radius 1 is 1.42 bits per heavy atom. The second kappa shape index (κ2) is 6.11. The van der Waals surface area contributed by atoms with Crippen molar-refractivity contribution in [1.29, 1.82) is 0 Å². The van der Waals surface area contributed by atoms with Crippen LogP contribution in [0.5, 0.6) is 5.75 Å². The van der Waals surface area contributed by atoms with Crippen molar-refractivity contribution in [3.8, 4) is 5.75 Å². The van der Waals surface area contributed by atoms with E-state index < -0.39 is 10.0 Å². The number of rotatable bonds is 4. The Kier molecular flexibility index (Phi) is 4.70. The van der Waals surface area contributed by atoms with Crippen molar-refractivity contribution in [3.63, 3.8) is 0 Å². The summed E-state index contributed by atoms with van der Waals surface area (Å²) in [5, 5.41) is 9.51. The summed E-state index contributed by atoms with van der Waals surface area (Å²) in [7, 11) is -3.47. The van der Waals surface area contributed by atoms with Gasteiger partial charge in [-0.25, -0.2) is 8.42 Å². The second-order valence-electron chi connectivity index (χ2n) is 4.54. The highest BCUT2D eigenvalue weighted by Gasteiger charge is 2.22. The van der Waals surface area contributed by atoms with Crippen LogP contribution in [0.1, 0.15) is 19.3 Å². The molecular formula is C12H16BrNO4S. The number of phenolic OH excluding ortho intramolecular Hbond substituents is 1. The van der Waals surface area contributed by atoms with Crippen LogP contribution in [0.3, 0.4) is 0 Å². The van der Waals surface area contributed by atoms with Gasteiger partial charge in [0.05, 0.1) is 22.0 Å². The molecule has 0 unspecified atom stereocenters. The normalized spacial score (nSPS) is 20.2. The van der Waals surface area contributed by atoms with E-state index in [1.165, 1.54) is 6.07 Å². The van der Waals surface area contributed by atoms with E-state index in [1.54, 1.807) is 12.1 Å². The topological polar surface area (TPSA) is 75.6 Å². The van der Waals surface area contributed by atoms with Gasteiger partial charge in [-0.05, 0) is 47.3 Å². The molecule has 19 heavy (non-hydrogen) atoms. The van der Waals surface area contributed by atoms with Gasteiger partial charge in [0.2, 0.25) is 10.0 Å². The lowest BCUT2D eigenvalue weighted by atomic mass is 10.1.